The fourth-order valence-corrected chi connectivity index (χ4v) is 4.25. The van der Waals surface area contributed by atoms with Crippen molar-refractivity contribution in [2.75, 3.05) is 5.32 Å². The molecule has 5 nitrogen and oxygen atoms in total. The van der Waals surface area contributed by atoms with E-state index in [-0.39, 0.29) is 22.4 Å². The van der Waals surface area contributed by atoms with Crippen LogP contribution in [0.3, 0.4) is 0 Å². The number of rotatable bonds is 8. The maximum Gasteiger partial charge on any atom is 0.435 e. The first kappa shape index (κ1) is 30.6. The molecule has 0 bridgehead atoms. The summed E-state index contributed by atoms with van der Waals surface area (Å²) in [4.78, 5) is 30.4. The lowest BCUT2D eigenvalue weighted by Gasteiger charge is -2.30. The molecule has 2 amide bonds. The van der Waals surface area contributed by atoms with E-state index < -0.39 is 40.9 Å². The Bertz CT molecular complexity index is 1370. The molecule has 2 aromatic rings. The van der Waals surface area contributed by atoms with Crippen LogP contribution in [-0.2, 0) is 5.67 Å². The van der Waals surface area contributed by atoms with E-state index in [9.17, 15) is 40.3 Å². The molecule has 1 aliphatic rings. The summed E-state index contributed by atoms with van der Waals surface area (Å²) in [6, 6.07) is 5.93. The summed E-state index contributed by atoms with van der Waals surface area (Å²) in [5, 5.41) is 5.34. The Morgan fingerprint density at radius 2 is 1.57 bits per heavy atom. The second-order valence-electron chi connectivity index (χ2n) is 9.50. The fourth-order valence-electron chi connectivity index (χ4n) is 4.25. The lowest BCUT2D eigenvalue weighted by molar-refractivity contribution is -0.348. The van der Waals surface area contributed by atoms with Crippen LogP contribution in [0.5, 0.6) is 0 Å². The van der Waals surface area contributed by atoms with Crippen LogP contribution in [0.15, 0.2) is 65.8 Å². The molecule has 40 heavy (non-hydrogen) atoms. The number of aryl methyl sites for hydroxylation is 2. The number of aliphatic imine (C=N–C) groups is 1. The van der Waals surface area contributed by atoms with Crippen LogP contribution in [0.25, 0.3) is 0 Å². The van der Waals surface area contributed by atoms with Gasteiger partial charge in [-0.1, -0.05) is 30.8 Å². The Balaban J connectivity index is 1.90. The van der Waals surface area contributed by atoms with Gasteiger partial charge in [0.25, 0.3) is 11.8 Å². The molecule has 0 atom stereocenters. The molecule has 1 aliphatic carbocycles. The van der Waals surface area contributed by atoms with Gasteiger partial charge < -0.3 is 10.6 Å². The summed E-state index contributed by atoms with van der Waals surface area (Å²) in [6.45, 7) is 8.04. The molecule has 0 unspecified atom stereocenters. The minimum atomic E-state index is -6.27. The van der Waals surface area contributed by atoms with Crippen molar-refractivity contribution in [1.82, 2.24) is 5.32 Å². The van der Waals surface area contributed by atoms with E-state index in [0.717, 1.165) is 18.6 Å². The number of benzene rings is 2. The number of carbonyl (C=O) groups excluding carboxylic acids is 2. The van der Waals surface area contributed by atoms with Gasteiger partial charge in [-0.25, -0.2) is 4.39 Å². The molecule has 0 radical (unpaired) electrons. The largest absolute Gasteiger partial charge is 0.435 e. The monoisotopic (exact) mass is 569 g/mol. The van der Waals surface area contributed by atoms with Gasteiger partial charge in [-0.3, -0.25) is 14.6 Å². The number of anilines is 1. The van der Waals surface area contributed by atoms with Gasteiger partial charge in [0.1, 0.15) is 0 Å². The zero-order chi connectivity index (χ0) is 30.1. The van der Waals surface area contributed by atoms with E-state index in [4.69, 9.17) is 0 Å². The number of alkyl halides is 7. The van der Waals surface area contributed by atoms with Crippen LogP contribution in [0, 0.1) is 13.8 Å². The lowest BCUT2D eigenvalue weighted by atomic mass is 9.92. The molecule has 1 saturated carbocycles. The smallest absolute Gasteiger partial charge is 0.343 e. The average Bonchev–Trinajstić information content (AvgIpc) is 3.63. The summed E-state index contributed by atoms with van der Waals surface area (Å²) >= 11 is 0. The molecule has 2 aromatic carbocycles. The van der Waals surface area contributed by atoms with Crippen molar-refractivity contribution in [3.8, 4) is 0 Å². The van der Waals surface area contributed by atoms with Crippen LogP contribution in [0.2, 0.25) is 0 Å². The number of nitrogens with zero attached hydrogens (tertiary/aromatic N) is 1. The summed E-state index contributed by atoms with van der Waals surface area (Å²) in [5.74, 6) is -1.38. The molecule has 2 N–H and O–H groups in total. The van der Waals surface area contributed by atoms with Crippen molar-refractivity contribution in [2.45, 2.75) is 57.2 Å². The predicted molar refractivity (Wildman–Crippen MR) is 137 cm³/mol. The highest BCUT2D eigenvalue weighted by atomic mass is 19.4. The van der Waals surface area contributed by atoms with Crippen molar-refractivity contribution >= 4 is 23.7 Å². The molecular formula is C28H26F7N3O2. The van der Waals surface area contributed by atoms with E-state index in [1.165, 1.54) is 24.5 Å². The van der Waals surface area contributed by atoms with E-state index >= 15 is 0 Å². The summed E-state index contributed by atoms with van der Waals surface area (Å²) in [6.07, 6.45) is -6.59. The number of hydrogen-bond acceptors (Lipinski definition) is 3. The quantitative estimate of drug-likeness (QED) is 0.259. The van der Waals surface area contributed by atoms with Crippen LogP contribution < -0.4 is 10.6 Å². The van der Waals surface area contributed by atoms with E-state index in [1.54, 1.807) is 19.1 Å². The highest BCUT2D eigenvalue weighted by Gasteiger charge is 2.73. The second-order valence-corrected chi connectivity index (χ2v) is 9.50. The number of hydrogen-bond donors (Lipinski definition) is 2. The fraction of sp³-hybridized carbons (Fsp3) is 0.321. The minimum absolute atomic E-state index is 0.0463. The third-order valence-corrected chi connectivity index (χ3v) is 6.77. The van der Waals surface area contributed by atoms with Crippen LogP contribution in [0.1, 0.15) is 57.2 Å². The van der Waals surface area contributed by atoms with Crippen molar-refractivity contribution in [1.29, 1.82) is 0 Å². The van der Waals surface area contributed by atoms with E-state index in [0.29, 0.717) is 30.5 Å². The molecule has 3 rings (SSSR count). The average molecular weight is 570 g/mol. The zero-order valence-corrected chi connectivity index (χ0v) is 21.7. The van der Waals surface area contributed by atoms with Crippen molar-refractivity contribution in [3.63, 3.8) is 0 Å². The number of amides is 2. The number of nitrogens with one attached hydrogen (secondary N) is 2. The van der Waals surface area contributed by atoms with Gasteiger partial charge in [0.15, 0.2) is 0 Å². The third kappa shape index (κ3) is 5.80. The molecule has 12 heteroatoms. The van der Waals surface area contributed by atoms with Crippen molar-refractivity contribution < 1.29 is 40.3 Å². The summed E-state index contributed by atoms with van der Waals surface area (Å²) < 4.78 is 93.3. The third-order valence-electron chi connectivity index (χ3n) is 6.77. The Morgan fingerprint density at radius 1 is 0.950 bits per heavy atom. The molecule has 214 valence electrons. The Morgan fingerprint density at radius 3 is 2.10 bits per heavy atom. The highest BCUT2D eigenvalue weighted by Crippen LogP contribution is 2.53. The van der Waals surface area contributed by atoms with Gasteiger partial charge in [0.05, 0.1) is 16.7 Å². The predicted octanol–water partition coefficient (Wildman–Crippen LogP) is 7.27. The Kier molecular flexibility index (Phi) is 8.33. The SMILES string of the molecule is C=CN=C/C=C(\C)C1(NC(=O)c2c(C)cccc2C(=O)Nc2ccc(C(F)(C(F)(F)F)C(F)(F)F)cc2C)CC1. The Hall–Kier alpha value is -3.96. The van der Waals surface area contributed by atoms with Crippen molar-refractivity contribution in [3.05, 3.63) is 88.6 Å². The van der Waals surface area contributed by atoms with Crippen LogP contribution >= 0.6 is 0 Å². The molecule has 0 saturated heterocycles. The first-order valence-electron chi connectivity index (χ1n) is 12.0. The first-order chi connectivity index (χ1) is 18.5. The number of allylic oxidation sites excluding steroid dienone is 1. The van der Waals surface area contributed by atoms with Crippen molar-refractivity contribution in [2.24, 2.45) is 4.99 Å². The minimum Gasteiger partial charge on any atom is -0.343 e. The van der Waals surface area contributed by atoms with Gasteiger partial charge >= 0.3 is 18.0 Å². The summed E-state index contributed by atoms with van der Waals surface area (Å²) in [5.41, 5.74) is -7.03. The molecule has 0 aliphatic heterocycles. The van der Waals surface area contributed by atoms with Gasteiger partial charge in [-0.2, -0.15) is 26.3 Å². The normalized spacial score (nSPS) is 15.6. The zero-order valence-electron chi connectivity index (χ0n) is 21.7. The molecular weight excluding hydrogens is 543 g/mol. The lowest BCUT2D eigenvalue weighted by Crippen LogP contribution is -2.50. The second kappa shape index (κ2) is 10.9. The number of carbonyl (C=O) groups is 2. The van der Waals surface area contributed by atoms with E-state index in [2.05, 4.69) is 22.2 Å². The van der Waals surface area contributed by atoms with E-state index in [1.807, 2.05) is 6.92 Å². The molecule has 1 fully saturated rings. The molecule has 0 aromatic heterocycles. The van der Waals surface area contributed by atoms with Gasteiger partial charge in [0.2, 0.25) is 0 Å². The van der Waals surface area contributed by atoms with Crippen LogP contribution in [-0.4, -0.2) is 35.9 Å². The van der Waals surface area contributed by atoms with Gasteiger partial charge in [-0.15, -0.1) is 0 Å². The standard InChI is InChI=1S/C28H26F7N3O2/c1-5-36-14-11-18(4)25(12-13-25)38-24(40)22-16(2)7-6-8-20(22)23(39)37-21-10-9-19(15-17(21)3)26(29,27(30,31)32)28(33,34)35/h5-11,14-15H,1,12-13H2,2-4H3,(H,37,39)(H,38,40)/b18-11+,36-14?. The van der Waals surface area contributed by atoms with Crippen LogP contribution in [0.4, 0.5) is 36.4 Å². The molecule has 0 spiro atoms. The highest BCUT2D eigenvalue weighted by molar-refractivity contribution is 6.13. The number of halogens is 7. The maximum absolute atomic E-state index is 14.4. The topological polar surface area (TPSA) is 70.6 Å². The molecule has 0 heterocycles. The van der Waals surface area contributed by atoms with Gasteiger partial charge in [0, 0.05) is 23.7 Å². The van der Waals surface area contributed by atoms with Gasteiger partial charge in [-0.05, 0) is 68.5 Å². The summed E-state index contributed by atoms with van der Waals surface area (Å²) in [7, 11) is 0. The Labute approximate surface area is 225 Å². The first-order valence-corrected chi connectivity index (χ1v) is 12.0. The maximum atomic E-state index is 14.4.